The molecular weight excluding hydrogens is 410 g/mol. The molecular formula is C20H21N3O6S. The quantitative estimate of drug-likeness (QED) is 0.460. The molecule has 0 spiro atoms. The summed E-state index contributed by atoms with van der Waals surface area (Å²) in [6.45, 7) is -0.0351. The molecule has 0 saturated carbocycles. The first-order valence-corrected chi connectivity index (χ1v) is 10.6. The maximum Gasteiger partial charge on any atom is 0.261 e. The monoisotopic (exact) mass is 431 g/mol. The maximum absolute atomic E-state index is 13.0. The summed E-state index contributed by atoms with van der Waals surface area (Å²) in [4.78, 5) is 11.8. The van der Waals surface area contributed by atoms with Crippen molar-refractivity contribution < 1.29 is 28.3 Å². The van der Waals surface area contributed by atoms with E-state index in [2.05, 4.69) is 6.07 Å². The molecule has 2 unspecified atom stereocenters. The molecule has 1 fully saturated rings. The lowest BCUT2D eigenvalue weighted by atomic mass is 10.0. The summed E-state index contributed by atoms with van der Waals surface area (Å²) >= 11 is 0. The summed E-state index contributed by atoms with van der Waals surface area (Å²) in [5, 5.41) is 27.7. The molecule has 0 bridgehead atoms. The van der Waals surface area contributed by atoms with Crippen LogP contribution in [0.3, 0.4) is 0 Å². The van der Waals surface area contributed by atoms with Gasteiger partial charge >= 0.3 is 0 Å². The van der Waals surface area contributed by atoms with Crippen LogP contribution in [0.15, 0.2) is 53.4 Å². The first-order chi connectivity index (χ1) is 14.3. The van der Waals surface area contributed by atoms with Crippen molar-refractivity contribution in [2.75, 3.05) is 6.54 Å². The van der Waals surface area contributed by atoms with E-state index in [1.54, 1.807) is 18.2 Å². The Morgan fingerprint density at radius 3 is 2.63 bits per heavy atom. The van der Waals surface area contributed by atoms with Gasteiger partial charge in [-0.3, -0.25) is 10.0 Å². The lowest BCUT2D eigenvalue weighted by molar-refractivity contribution is -0.135. The Balaban J connectivity index is 1.75. The fraction of sp³-hybridized carbons (Fsp3) is 0.300. The second-order valence-corrected chi connectivity index (χ2v) is 8.76. The molecule has 0 aromatic heterocycles. The number of carbonyl (C=O) groups is 1. The molecule has 9 nitrogen and oxygen atoms in total. The molecule has 1 aliphatic heterocycles. The van der Waals surface area contributed by atoms with E-state index in [4.69, 9.17) is 15.2 Å². The average molecular weight is 431 g/mol. The highest BCUT2D eigenvalue weighted by atomic mass is 32.2. The molecule has 0 aliphatic carbocycles. The molecule has 3 N–H and O–H groups in total. The highest BCUT2D eigenvalue weighted by Crippen LogP contribution is 2.27. The van der Waals surface area contributed by atoms with Crippen molar-refractivity contribution in [1.82, 2.24) is 9.79 Å². The van der Waals surface area contributed by atoms with Gasteiger partial charge in [-0.2, -0.15) is 9.57 Å². The number of amides is 1. The molecule has 1 heterocycles. The Morgan fingerprint density at radius 2 is 1.97 bits per heavy atom. The molecule has 1 saturated heterocycles. The number of nitrogens with one attached hydrogen (secondary N) is 1. The summed E-state index contributed by atoms with van der Waals surface area (Å²) in [7, 11) is -4.08. The van der Waals surface area contributed by atoms with Crippen molar-refractivity contribution in [2.45, 2.75) is 36.5 Å². The first kappa shape index (κ1) is 21.7. The van der Waals surface area contributed by atoms with Crippen LogP contribution in [-0.4, -0.2) is 47.6 Å². The number of ether oxygens (including phenoxy) is 1. The van der Waals surface area contributed by atoms with Crippen molar-refractivity contribution in [1.29, 1.82) is 5.26 Å². The third kappa shape index (κ3) is 4.77. The van der Waals surface area contributed by atoms with E-state index in [1.807, 2.05) is 6.07 Å². The fourth-order valence-corrected chi connectivity index (χ4v) is 4.92. The van der Waals surface area contributed by atoms with E-state index in [0.29, 0.717) is 11.3 Å². The van der Waals surface area contributed by atoms with Crippen LogP contribution in [0.1, 0.15) is 24.0 Å². The van der Waals surface area contributed by atoms with Crippen LogP contribution in [0, 0.1) is 11.3 Å². The van der Waals surface area contributed by atoms with Gasteiger partial charge in [0.15, 0.2) is 0 Å². The normalized spacial score (nSPS) is 19.6. The van der Waals surface area contributed by atoms with Crippen molar-refractivity contribution in [3.63, 3.8) is 0 Å². The number of aliphatic hydroxyl groups is 1. The number of sulfonamides is 1. The van der Waals surface area contributed by atoms with E-state index in [0.717, 1.165) is 9.87 Å². The van der Waals surface area contributed by atoms with Gasteiger partial charge in [-0.15, -0.1) is 0 Å². The number of piperidine rings is 1. The number of hydrogen-bond donors (Lipinski definition) is 3. The third-order valence-corrected chi connectivity index (χ3v) is 6.71. The second-order valence-electron chi connectivity index (χ2n) is 6.87. The van der Waals surface area contributed by atoms with Crippen LogP contribution in [0.5, 0.6) is 5.75 Å². The van der Waals surface area contributed by atoms with E-state index >= 15 is 0 Å². The molecule has 3 rings (SSSR count). The van der Waals surface area contributed by atoms with Crippen molar-refractivity contribution >= 4 is 15.9 Å². The zero-order chi connectivity index (χ0) is 21.7. The zero-order valence-corrected chi connectivity index (χ0v) is 16.7. The molecule has 0 radical (unpaired) electrons. The maximum atomic E-state index is 13.0. The number of carbonyl (C=O) groups excluding carboxylic acids is 1. The minimum Gasteiger partial charge on any atom is -0.489 e. The summed E-state index contributed by atoms with van der Waals surface area (Å²) < 4.78 is 32.6. The molecule has 2 atom stereocenters. The standard InChI is InChI=1S/C20H21N3O6S/c21-11-14-2-1-3-15(10-14)13-29-17-5-7-18(8-6-17)30(27,28)23-12-16(24)4-9-19(23)20(25)22-26/h1-3,5-8,10,16,19,24,26H,4,9,12-13H2,(H,22,25). The molecule has 30 heavy (non-hydrogen) atoms. The lowest BCUT2D eigenvalue weighted by Gasteiger charge is -2.35. The number of nitrogens with zero attached hydrogens (tertiary/aromatic N) is 2. The van der Waals surface area contributed by atoms with Gasteiger partial charge in [-0.1, -0.05) is 12.1 Å². The highest BCUT2D eigenvalue weighted by molar-refractivity contribution is 7.89. The number of hydrogen-bond acceptors (Lipinski definition) is 7. The molecule has 1 amide bonds. The number of benzene rings is 2. The molecule has 1 aliphatic rings. The van der Waals surface area contributed by atoms with Crippen LogP contribution >= 0.6 is 0 Å². The third-order valence-electron chi connectivity index (χ3n) is 4.82. The van der Waals surface area contributed by atoms with Gasteiger partial charge in [-0.05, 0) is 54.8 Å². The summed E-state index contributed by atoms with van der Waals surface area (Å²) in [5.74, 6) is -0.412. The van der Waals surface area contributed by atoms with E-state index in [9.17, 15) is 18.3 Å². The number of nitriles is 1. The van der Waals surface area contributed by atoms with Gasteiger partial charge in [0.25, 0.3) is 5.91 Å². The second kappa shape index (κ2) is 9.23. The van der Waals surface area contributed by atoms with E-state index in [1.165, 1.54) is 29.7 Å². The fourth-order valence-electron chi connectivity index (χ4n) is 3.26. The van der Waals surface area contributed by atoms with Gasteiger partial charge in [0, 0.05) is 6.54 Å². The van der Waals surface area contributed by atoms with Crippen LogP contribution in [0.4, 0.5) is 0 Å². The van der Waals surface area contributed by atoms with E-state index in [-0.39, 0.29) is 30.9 Å². The molecule has 158 valence electrons. The number of rotatable bonds is 6. The predicted molar refractivity (Wildman–Crippen MR) is 105 cm³/mol. The van der Waals surface area contributed by atoms with Gasteiger partial charge in [0.2, 0.25) is 10.0 Å². The number of hydroxylamine groups is 1. The van der Waals surface area contributed by atoms with Gasteiger partial charge in [0.05, 0.1) is 22.6 Å². The minimum absolute atomic E-state index is 0.0637. The van der Waals surface area contributed by atoms with Crippen LogP contribution in [-0.2, 0) is 21.4 Å². The molecule has 2 aromatic carbocycles. The Morgan fingerprint density at radius 1 is 1.23 bits per heavy atom. The number of β-amino-alcohol motifs (C(OH)–C–C–N with tert-alkyl or cyclic N) is 1. The van der Waals surface area contributed by atoms with Crippen molar-refractivity contribution in [3.05, 3.63) is 59.7 Å². The predicted octanol–water partition coefficient (Wildman–Crippen LogP) is 1.16. The van der Waals surface area contributed by atoms with Gasteiger partial charge in [0.1, 0.15) is 18.4 Å². The Hall–Kier alpha value is -2.97. The number of aliphatic hydroxyl groups excluding tert-OH is 1. The SMILES string of the molecule is N#Cc1cccc(COc2ccc(S(=O)(=O)N3CC(O)CCC3C(=O)NO)cc2)c1. The molecule has 2 aromatic rings. The van der Waals surface area contributed by atoms with Crippen molar-refractivity contribution in [3.8, 4) is 11.8 Å². The smallest absolute Gasteiger partial charge is 0.261 e. The largest absolute Gasteiger partial charge is 0.489 e. The lowest BCUT2D eigenvalue weighted by Crippen LogP contribution is -2.54. The Kier molecular flexibility index (Phi) is 6.69. The highest BCUT2D eigenvalue weighted by Gasteiger charge is 2.40. The summed E-state index contributed by atoms with van der Waals surface area (Å²) in [5.41, 5.74) is 2.80. The minimum atomic E-state index is -4.08. The Labute approximate surface area is 174 Å². The summed E-state index contributed by atoms with van der Waals surface area (Å²) in [6.07, 6.45) is -0.547. The van der Waals surface area contributed by atoms with Crippen LogP contribution in [0.2, 0.25) is 0 Å². The van der Waals surface area contributed by atoms with E-state index < -0.39 is 28.1 Å². The average Bonchev–Trinajstić information content (AvgIpc) is 2.77. The van der Waals surface area contributed by atoms with Crippen LogP contribution < -0.4 is 10.2 Å². The first-order valence-electron chi connectivity index (χ1n) is 9.21. The zero-order valence-electron chi connectivity index (χ0n) is 15.9. The van der Waals surface area contributed by atoms with Gasteiger partial charge in [-0.25, -0.2) is 13.9 Å². The van der Waals surface area contributed by atoms with Crippen LogP contribution in [0.25, 0.3) is 0 Å². The van der Waals surface area contributed by atoms with Gasteiger partial charge < -0.3 is 9.84 Å². The molecule has 10 heteroatoms. The summed E-state index contributed by atoms with van der Waals surface area (Å²) in [6, 6.07) is 13.6. The Bertz CT molecular complexity index is 1050. The van der Waals surface area contributed by atoms with Crippen molar-refractivity contribution in [2.24, 2.45) is 0 Å². The topological polar surface area (TPSA) is 140 Å².